The SMILES string of the molecule is C[C@H](C(=O)Nc1ccc(F)cc1F)N1CCN(CC(=O)N2CCCC2)CC1. The molecule has 0 saturated carbocycles. The third-order valence-corrected chi connectivity index (χ3v) is 5.34. The quantitative estimate of drug-likeness (QED) is 0.842. The van der Waals surface area contributed by atoms with E-state index in [4.69, 9.17) is 0 Å². The molecule has 2 aliphatic rings. The standard InChI is InChI=1S/C19H26F2N4O2/c1-14(19(27)22-17-5-4-15(20)12-16(17)21)24-10-8-23(9-11-24)13-18(26)25-6-2-3-7-25/h4-5,12,14H,2-3,6-11,13H2,1H3,(H,22,27)/t14-/m1/s1. The summed E-state index contributed by atoms with van der Waals surface area (Å²) in [4.78, 5) is 30.7. The number of nitrogens with zero attached hydrogens (tertiary/aromatic N) is 3. The molecule has 148 valence electrons. The lowest BCUT2D eigenvalue weighted by Crippen LogP contribution is -2.54. The lowest BCUT2D eigenvalue weighted by molar-refractivity contribution is -0.132. The third kappa shape index (κ3) is 5.01. The van der Waals surface area contributed by atoms with Crippen LogP contribution in [0, 0.1) is 11.6 Å². The second-order valence-corrected chi connectivity index (χ2v) is 7.19. The number of piperazine rings is 1. The first kappa shape index (κ1) is 19.7. The summed E-state index contributed by atoms with van der Waals surface area (Å²) < 4.78 is 26.7. The highest BCUT2D eigenvalue weighted by atomic mass is 19.1. The van der Waals surface area contributed by atoms with Crippen molar-refractivity contribution in [1.29, 1.82) is 0 Å². The van der Waals surface area contributed by atoms with Crippen LogP contribution >= 0.6 is 0 Å². The molecule has 27 heavy (non-hydrogen) atoms. The minimum absolute atomic E-state index is 0.0249. The maximum atomic E-state index is 13.7. The number of carbonyl (C=O) groups excluding carboxylic acids is 2. The molecule has 0 spiro atoms. The molecule has 2 heterocycles. The molecule has 1 aromatic rings. The normalized spacial score (nSPS) is 19.9. The van der Waals surface area contributed by atoms with Gasteiger partial charge in [-0.05, 0) is 31.9 Å². The van der Waals surface area contributed by atoms with Gasteiger partial charge in [-0.2, -0.15) is 0 Å². The van der Waals surface area contributed by atoms with Crippen LogP contribution in [-0.2, 0) is 9.59 Å². The van der Waals surface area contributed by atoms with Crippen molar-refractivity contribution >= 4 is 17.5 Å². The average molecular weight is 380 g/mol. The zero-order valence-electron chi connectivity index (χ0n) is 15.6. The fraction of sp³-hybridized carbons (Fsp3) is 0.579. The summed E-state index contributed by atoms with van der Waals surface area (Å²) in [5, 5.41) is 2.52. The molecular weight excluding hydrogens is 354 g/mol. The monoisotopic (exact) mass is 380 g/mol. The Morgan fingerprint density at radius 3 is 2.37 bits per heavy atom. The summed E-state index contributed by atoms with van der Waals surface area (Å²) in [5.41, 5.74) is -0.0249. The van der Waals surface area contributed by atoms with Crippen molar-refractivity contribution < 1.29 is 18.4 Å². The van der Waals surface area contributed by atoms with E-state index in [-0.39, 0.29) is 17.5 Å². The Kier molecular flexibility index (Phi) is 6.38. The minimum atomic E-state index is -0.791. The number of carbonyl (C=O) groups is 2. The molecule has 3 rings (SSSR count). The number of rotatable bonds is 5. The maximum Gasteiger partial charge on any atom is 0.241 e. The predicted octanol–water partition coefficient (Wildman–Crippen LogP) is 1.53. The summed E-state index contributed by atoms with van der Waals surface area (Å²) in [6.45, 7) is 6.65. The van der Waals surface area contributed by atoms with E-state index >= 15 is 0 Å². The van der Waals surface area contributed by atoms with Crippen molar-refractivity contribution in [3.8, 4) is 0 Å². The van der Waals surface area contributed by atoms with Crippen LogP contribution in [0.5, 0.6) is 0 Å². The molecule has 6 nitrogen and oxygen atoms in total. The first-order chi connectivity index (χ1) is 12.9. The average Bonchev–Trinajstić information content (AvgIpc) is 3.19. The van der Waals surface area contributed by atoms with Gasteiger partial charge >= 0.3 is 0 Å². The summed E-state index contributed by atoms with van der Waals surface area (Å²) in [5.74, 6) is -1.63. The number of hydrogen-bond donors (Lipinski definition) is 1. The maximum absolute atomic E-state index is 13.7. The van der Waals surface area contributed by atoms with Crippen LogP contribution in [0.25, 0.3) is 0 Å². The van der Waals surface area contributed by atoms with E-state index in [1.54, 1.807) is 6.92 Å². The van der Waals surface area contributed by atoms with E-state index < -0.39 is 17.7 Å². The molecule has 2 fully saturated rings. The Morgan fingerprint density at radius 1 is 1.07 bits per heavy atom. The molecule has 1 aromatic carbocycles. The number of amides is 2. The molecule has 2 amide bonds. The van der Waals surface area contributed by atoms with Gasteiger partial charge in [0.2, 0.25) is 11.8 Å². The largest absolute Gasteiger partial charge is 0.342 e. The number of nitrogens with one attached hydrogen (secondary N) is 1. The second-order valence-electron chi connectivity index (χ2n) is 7.19. The van der Waals surface area contributed by atoms with E-state index in [1.165, 1.54) is 6.07 Å². The Hall–Kier alpha value is -2.06. The van der Waals surface area contributed by atoms with Gasteiger partial charge in [0.15, 0.2) is 0 Å². The summed E-state index contributed by atoms with van der Waals surface area (Å²) in [6.07, 6.45) is 2.17. The Bertz CT molecular complexity index is 686. The van der Waals surface area contributed by atoms with Crippen molar-refractivity contribution in [3.05, 3.63) is 29.8 Å². The van der Waals surface area contributed by atoms with Crippen LogP contribution in [0.1, 0.15) is 19.8 Å². The van der Waals surface area contributed by atoms with Gasteiger partial charge in [-0.25, -0.2) is 8.78 Å². The van der Waals surface area contributed by atoms with Gasteiger partial charge in [-0.15, -0.1) is 0 Å². The van der Waals surface area contributed by atoms with Gasteiger partial charge in [0.1, 0.15) is 11.6 Å². The highest BCUT2D eigenvalue weighted by Crippen LogP contribution is 2.16. The van der Waals surface area contributed by atoms with Crippen LogP contribution in [0.15, 0.2) is 18.2 Å². The van der Waals surface area contributed by atoms with E-state index in [9.17, 15) is 18.4 Å². The molecule has 0 aromatic heterocycles. The van der Waals surface area contributed by atoms with Crippen molar-refractivity contribution in [2.24, 2.45) is 0 Å². The van der Waals surface area contributed by atoms with Gasteiger partial charge in [0, 0.05) is 45.3 Å². The van der Waals surface area contributed by atoms with Gasteiger partial charge in [-0.3, -0.25) is 19.4 Å². The summed E-state index contributed by atoms with van der Waals surface area (Å²) in [6, 6.07) is 2.64. The van der Waals surface area contributed by atoms with E-state index in [0.717, 1.165) is 38.1 Å². The van der Waals surface area contributed by atoms with Gasteiger partial charge in [0.25, 0.3) is 0 Å². The molecule has 2 aliphatic heterocycles. The molecule has 2 saturated heterocycles. The van der Waals surface area contributed by atoms with Crippen LogP contribution in [0.4, 0.5) is 14.5 Å². The lowest BCUT2D eigenvalue weighted by atomic mass is 10.2. The first-order valence-electron chi connectivity index (χ1n) is 9.44. The molecule has 0 aliphatic carbocycles. The Morgan fingerprint density at radius 2 is 1.74 bits per heavy atom. The summed E-state index contributed by atoms with van der Waals surface area (Å²) in [7, 11) is 0. The fourth-order valence-corrected chi connectivity index (χ4v) is 3.56. The Labute approximate surface area is 158 Å². The number of benzene rings is 1. The fourth-order valence-electron chi connectivity index (χ4n) is 3.56. The first-order valence-corrected chi connectivity index (χ1v) is 9.44. The van der Waals surface area contributed by atoms with Crippen molar-refractivity contribution in [2.75, 3.05) is 51.1 Å². The minimum Gasteiger partial charge on any atom is -0.342 e. The Balaban J connectivity index is 1.46. The molecule has 8 heteroatoms. The van der Waals surface area contributed by atoms with E-state index in [0.29, 0.717) is 32.7 Å². The topological polar surface area (TPSA) is 55.9 Å². The highest BCUT2D eigenvalue weighted by molar-refractivity contribution is 5.94. The molecule has 0 unspecified atom stereocenters. The summed E-state index contributed by atoms with van der Waals surface area (Å²) >= 11 is 0. The number of anilines is 1. The van der Waals surface area contributed by atoms with Crippen LogP contribution < -0.4 is 5.32 Å². The van der Waals surface area contributed by atoms with Crippen LogP contribution in [-0.4, -0.2) is 78.4 Å². The van der Waals surface area contributed by atoms with Crippen LogP contribution in [0.2, 0.25) is 0 Å². The number of likely N-dealkylation sites (tertiary alicyclic amines) is 1. The van der Waals surface area contributed by atoms with Gasteiger partial charge in [0.05, 0.1) is 18.3 Å². The van der Waals surface area contributed by atoms with Crippen LogP contribution in [0.3, 0.4) is 0 Å². The number of halogens is 2. The molecular formula is C19H26F2N4O2. The third-order valence-electron chi connectivity index (χ3n) is 5.34. The molecule has 0 radical (unpaired) electrons. The predicted molar refractivity (Wildman–Crippen MR) is 98.3 cm³/mol. The van der Waals surface area contributed by atoms with Gasteiger partial charge < -0.3 is 10.2 Å². The van der Waals surface area contributed by atoms with E-state index in [1.807, 2.05) is 9.80 Å². The smallest absolute Gasteiger partial charge is 0.241 e. The van der Waals surface area contributed by atoms with Crippen molar-refractivity contribution in [3.63, 3.8) is 0 Å². The molecule has 1 atom stereocenters. The zero-order valence-corrected chi connectivity index (χ0v) is 15.6. The van der Waals surface area contributed by atoms with Crippen molar-refractivity contribution in [1.82, 2.24) is 14.7 Å². The molecule has 0 bridgehead atoms. The number of hydrogen-bond acceptors (Lipinski definition) is 4. The van der Waals surface area contributed by atoms with E-state index in [2.05, 4.69) is 10.2 Å². The lowest BCUT2D eigenvalue weighted by Gasteiger charge is -2.37. The zero-order chi connectivity index (χ0) is 19.4. The highest BCUT2D eigenvalue weighted by Gasteiger charge is 2.28. The molecule has 1 N–H and O–H groups in total. The van der Waals surface area contributed by atoms with Crippen molar-refractivity contribution in [2.45, 2.75) is 25.8 Å². The second kappa shape index (κ2) is 8.75. The van der Waals surface area contributed by atoms with Gasteiger partial charge in [-0.1, -0.05) is 0 Å².